The van der Waals surface area contributed by atoms with Gasteiger partial charge in [0.1, 0.15) is 6.04 Å². The fourth-order valence-corrected chi connectivity index (χ4v) is 3.58. The molecule has 2 rings (SSSR count). The van der Waals surface area contributed by atoms with Gasteiger partial charge < -0.3 is 5.32 Å². The average molecular weight is 347 g/mol. The third-order valence-electron chi connectivity index (χ3n) is 3.56. The number of nitrogens with zero attached hydrogens (tertiary/aromatic N) is 2. The molecule has 1 aromatic carbocycles. The summed E-state index contributed by atoms with van der Waals surface area (Å²) in [6.07, 6.45) is 4.38. The van der Waals surface area contributed by atoms with Gasteiger partial charge in [-0.05, 0) is 49.2 Å². The van der Waals surface area contributed by atoms with Crippen molar-refractivity contribution < 1.29 is 13.2 Å². The topological polar surface area (TPSA) is 79.4 Å². The first-order chi connectivity index (χ1) is 11.3. The maximum Gasteiger partial charge on any atom is 0.243 e. The molecular formula is C17H21N3O3S. The zero-order valence-electron chi connectivity index (χ0n) is 13.9. The average Bonchev–Trinajstić information content (AvgIpc) is 2.52. The van der Waals surface area contributed by atoms with Crippen LogP contribution in [0.2, 0.25) is 0 Å². The summed E-state index contributed by atoms with van der Waals surface area (Å²) in [7, 11) is -3.60. The molecule has 0 fully saturated rings. The summed E-state index contributed by atoms with van der Waals surface area (Å²) in [5.74, 6) is -0.362. The number of carbonyl (C=O) groups excluding carboxylic acids is 1. The number of benzene rings is 1. The van der Waals surface area contributed by atoms with E-state index in [-0.39, 0.29) is 5.91 Å². The van der Waals surface area contributed by atoms with Crippen LogP contribution in [0.3, 0.4) is 0 Å². The van der Waals surface area contributed by atoms with Crippen molar-refractivity contribution in [3.63, 3.8) is 0 Å². The molecule has 0 saturated carbocycles. The molecule has 1 atom stereocenters. The van der Waals surface area contributed by atoms with Gasteiger partial charge in [0.15, 0.2) is 0 Å². The lowest BCUT2D eigenvalue weighted by Gasteiger charge is -2.28. The number of hydrogen-bond acceptors (Lipinski definition) is 4. The summed E-state index contributed by atoms with van der Waals surface area (Å²) < 4.78 is 25.5. The van der Waals surface area contributed by atoms with E-state index in [4.69, 9.17) is 0 Å². The van der Waals surface area contributed by atoms with Crippen molar-refractivity contribution in [1.82, 2.24) is 10.3 Å². The molecule has 0 bridgehead atoms. The Morgan fingerprint density at radius 1 is 1.25 bits per heavy atom. The van der Waals surface area contributed by atoms with E-state index in [1.54, 1.807) is 49.6 Å². The Morgan fingerprint density at radius 2 is 1.92 bits per heavy atom. The molecule has 0 saturated heterocycles. The molecule has 1 unspecified atom stereocenters. The summed E-state index contributed by atoms with van der Waals surface area (Å²) in [4.78, 5) is 16.3. The number of nitrogens with one attached hydrogen (secondary N) is 1. The van der Waals surface area contributed by atoms with Crippen molar-refractivity contribution in [1.29, 1.82) is 0 Å². The summed E-state index contributed by atoms with van der Waals surface area (Å²) in [6, 6.07) is 9.79. The molecule has 2 aromatic rings. The number of amides is 1. The van der Waals surface area contributed by atoms with E-state index in [2.05, 4.69) is 10.3 Å². The van der Waals surface area contributed by atoms with Gasteiger partial charge in [-0.25, -0.2) is 8.42 Å². The number of aryl methyl sites for hydroxylation is 1. The number of pyridine rings is 1. The van der Waals surface area contributed by atoms with Gasteiger partial charge in [-0.1, -0.05) is 12.1 Å². The van der Waals surface area contributed by atoms with Gasteiger partial charge in [0.2, 0.25) is 15.9 Å². The fourth-order valence-electron chi connectivity index (χ4n) is 2.41. The van der Waals surface area contributed by atoms with Crippen molar-refractivity contribution in [3.8, 4) is 0 Å². The smallest absolute Gasteiger partial charge is 0.243 e. The normalized spacial score (nSPS) is 12.5. The Bertz CT molecular complexity index is 807. The molecule has 24 heavy (non-hydrogen) atoms. The number of anilines is 1. The maximum absolute atomic E-state index is 12.4. The molecule has 1 heterocycles. The van der Waals surface area contributed by atoms with E-state index in [1.165, 1.54) is 0 Å². The van der Waals surface area contributed by atoms with E-state index < -0.39 is 16.1 Å². The molecule has 1 N–H and O–H groups in total. The highest BCUT2D eigenvalue weighted by Gasteiger charge is 2.28. The standard InChI is InChI=1S/C17H21N3O3S/c1-13-5-4-6-16(11-13)20(24(3,22)23)14(2)17(21)19-12-15-7-9-18-10-8-15/h4-11,14H,12H2,1-3H3,(H,19,21). The van der Waals surface area contributed by atoms with Crippen LogP contribution in [0.25, 0.3) is 0 Å². The molecule has 1 amide bonds. The molecule has 0 spiro atoms. The lowest BCUT2D eigenvalue weighted by atomic mass is 10.2. The van der Waals surface area contributed by atoms with Crippen LogP contribution in [0.15, 0.2) is 48.8 Å². The Kier molecular flexibility index (Phi) is 5.56. The van der Waals surface area contributed by atoms with Crippen LogP contribution < -0.4 is 9.62 Å². The molecular weight excluding hydrogens is 326 g/mol. The minimum absolute atomic E-state index is 0.317. The number of aromatic nitrogens is 1. The van der Waals surface area contributed by atoms with Gasteiger partial charge in [-0.2, -0.15) is 0 Å². The van der Waals surface area contributed by atoms with Gasteiger partial charge in [-0.15, -0.1) is 0 Å². The van der Waals surface area contributed by atoms with Crippen molar-refractivity contribution in [2.45, 2.75) is 26.4 Å². The first kappa shape index (κ1) is 17.9. The quantitative estimate of drug-likeness (QED) is 0.865. The van der Waals surface area contributed by atoms with Crippen molar-refractivity contribution in [2.75, 3.05) is 10.6 Å². The Hall–Kier alpha value is -2.41. The zero-order chi connectivity index (χ0) is 17.7. The second-order valence-electron chi connectivity index (χ2n) is 5.65. The van der Waals surface area contributed by atoms with Gasteiger partial charge in [0.05, 0.1) is 11.9 Å². The lowest BCUT2D eigenvalue weighted by Crippen LogP contribution is -2.47. The largest absolute Gasteiger partial charge is 0.350 e. The van der Waals surface area contributed by atoms with Crippen molar-refractivity contribution in [3.05, 3.63) is 59.9 Å². The van der Waals surface area contributed by atoms with Crippen LogP contribution in [0.5, 0.6) is 0 Å². The molecule has 0 aliphatic rings. The maximum atomic E-state index is 12.4. The van der Waals surface area contributed by atoms with Crippen LogP contribution in [0, 0.1) is 6.92 Å². The minimum Gasteiger partial charge on any atom is -0.350 e. The highest BCUT2D eigenvalue weighted by Crippen LogP contribution is 2.21. The number of hydrogen-bond donors (Lipinski definition) is 1. The Labute approximate surface area is 142 Å². The van der Waals surface area contributed by atoms with E-state index in [9.17, 15) is 13.2 Å². The molecule has 0 aliphatic heterocycles. The molecule has 0 radical (unpaired) electrons. The van der Waals surface area contributed by atoms with Crippen LogP contribution in [0.4, 0.5) is 5.69 Å². The third-order valence-corrected chi connectivity index (χ3v) is 4.80. The van der Waals surface area contributed by atoms with Crippen LogP contribution in [-0.2, 0) is 21.4 Å². The first-order valence-electron chi connectivity index (χ1n) is 7.51. The molecule has 6 nitrogen and oxygen atoms in total. The number of sulfonamides is 1. The summed E-state index contributed by atoms with van der Waals surface area (Å²) in [5, 5.41) is 2.76. The predicted octanol–water partition coefficient (Wildman–Crippen LogP) is 1.86. The summed E-state index contributed by atoms with van der Waals surface area (Å²) in [6.45, 7) is 3.76. The molecule has 1 aromatic heterocycles. The van der Waals surface area contributed by atoms with E-state index in [0.717, 1.165) is 21.7 Å². The molecule has 128 valence electrons. The lowest BCUT2D eigenvalue weighted by molar-refractivity contribution is -0.122. The van der Waals surface area contributed by atoms with Gasteiger partial charge in [0.25, 0.3) is 0 Å². The highest BCUT2D eigenvalue weighted by atomic mass is 32.2. The number of rotatable bonds is 6. The predicted molar refractivity (Wildman–Crippen MR) is 94.0 cm³/mol. The second kappa shape index (κ2) is 7.44. The van der Waals surface area contributed by atoms with Gasteiger partial charge in [-0.3, -0.25) is 14.1 Å². The van der Waals surface area contributed by atoms with E-state index in [1.807, 2.05) is 13.0 Å². The van der Waals surface area contributed by atoms with Gasteiger partial charge in [0, 0.05) is 18.9 Å². The minimum atomic E-state index is -3.60. The zero-order valence-corrected chi connectivity index (χ0v) is 14.7. The van der Waals surface area contributed by atoms with Crippen LogP contribution in [0.1, 0.15) is 18.1 Å². The highest BCUT2D eigenvalue weighted by molar-refractivity contribution is 7.92. The van der Waals surface area contributed by atoms with E-state index in [0.29, 0.717) is 12.2 Å². The van der Waals surface area contributed by atoms with Crippen molar-refractivity contribution >= 4 is 21.6 Å². The van der Waals surface area contributed by atoms with Crippen LogP contribution in [-0.4, -0.2) is 31.6 Å². The third kappa shape index (κ3) is 4.55. The molecule has 0 aliphatic carbocycles. The van der Waals surface area contributed by atoms with Crippen LogP contribution >= 0.6 is 0 Å². The first-order valence-corrected chi connectivity index (χ1v) is 9.36. The monoisotopic (exact) mass is 347 g/mol. The summed E-state index contributed by atoms with van der Waals surface area (Å²) >= 11 is 0. The Balaban J connectivity index is 2.19. The summed E-state index contributed by atoms with van der Waals surface area (Å²) in [5.41, 5.74) is 2.29. The van der Waals surface area contributed by atoms with Crippen molar-refractivity contribution in [2.24, 2.45) is 0 Å². The molecule has 7 heteroatoms. The van der Waals surface area contributed by atoms with E-state index >= 15 is 0 Å². The number of carbonyl (C=O) groups is 1. The fraction of sp³-hybridized carbons (Fsp3) is 0.294. The second-order valence-corrected chi connectivity index (χ2v) is 7.51. The van der Waals surface area contributed by atoms with Gasteiger partial charge >= 0.3 is 0 Å². The Morgan fingerprint density at radius 3 is 2.50 bits per heavy atom. The SMILES string of the molecule is Cc1cccc(N(C(C)C(=O)NCc2ccncc2)S(C)(=O)=O)c1.